The van der Waals surface area contributed by atoms with Crippen LogP contribution >= 0.6 is 23.1 Å². The lowest BCUT2D eigenvalue weighted by Gasteiger charge is -2.02. The van der Waals surface area contributed by atoms with Crippen LogP contribution in [-0.4, -0.2) is 29.3 Å². The highest BCUT2D eigenvalue weighted by atomic mass is 32.2. The molecule has 0 aliphatic rings. The molecule has 0 aliphatic heterocycles. The molecule has 2 heterocycles. The van der Waals surface area contributed by atoms with E-state index < -0.39 is 5.97 Å². The second kappa shape index (κ2) is 6.37. The number of thioether (sulfide) groups is 1. The molecule has 22 heavy (non-hydrogen) atoms. The fourth-order valence-electron chi connectivity index (χ4n) is 2.24. The molecule has 3 aromatic rings. The largest absolute Gasteiger partial charge is 0.464 e. The Labute approximate surface area is 136 Å². The molecule has 4 nitrogen and oxygen atoms in total. The van der Waals surface area contributed by atoms with Crippen molar-refractivity contribution in [2.45, 2.75) is 0 Å². The summed E-state index contributed by atoms with van der Waals surface area (Å²) in [5.41, 5.74) is 3.50. The van der Waals surface area contributed by atoms with Crippen LogP contribution < -0.4 is 0 Å². The summed E-state index contributed by atoms with van der Waals surface area (Å²) in [6, 6.07) is 8.12. The summed E-state index contributed by atoms with van der Waals surface area (Å²) in [5, 5.41) is 5.72. The molecule has 0 radical (unpaired) electrons. The maximum absolute atomic E-state index is 11.6. The third kappa shape index (κ3) is 2.67. The van der Waals surface area contributed by atoms with Crippen LogP contribution in [0.5, 0.6) is 0 Å². The standard InChI is InChI=1S/C16H14N2O2S2/c1-20-16(19)14-9-22-15(18-14)12(8-21-2)11-7-17-13-6-4-3-5-10(11)13/h3-9,17H,1-2H3. The fraction of sp³-hybridized carbons (Fsp3) is 0.125. The van der Waals surface area contributed by atoms with Crippen LogP contribution in [0, 0.1) is 0 Å². The van der Waals surface area contributed by atoms with Crippen molar-refractivity contribution in [2.24, 2.45) is 0 Å². The number of para-hydroxylation sites is 1. The van der Waals surface area contributed by atoms with Crippen molar-refractivity contribution in [1.29, 1.82) is 0 Å². The molecule has 0 spiro atoms. The predicted octanol–water partition coefficient (Wildman–Crippen LogP) is 4.16. The number of thiazole rings is 1. The van der Waals surface area contributed by atoms with Gasteiger partial charge in [0.1, 0.15) is 5.01 Å². The first kappa shape index (κ1) is 14.9. The van der Waals surface area contributed by atoms with Crippen molar-refractivity contribution in [3.63, 3.8) is 0 Å². The lowest BCUT2D eigenvalue weighted by Crippen LogP contribution is -2.01. The van der Waals surface area contributed by atoms with Gasteiger partial charge in [0.25, 0.3) is 0 Å². The molecule has 2 aromatic heterocycles. The number of esters is 1. The van der Waals surface area contributed by atoms with Crippen LogP contribution in [0.2, 0.25) is 0 Å². The van der Waals surface area contributed by atoms with Crippen LogP contribution in [0.1, 0.15) is 21.1 Å². The Morgan fingerprint density at radius 3 is 3.00 bits per heavy atom. The SMILES string of the molecule is COC(=O)c1csc(C(=CSC)c2c[nH]c3ccccc23)n1. The van der Waals surface area contributed by atoms with Gasteiger partial charge in [-0.2, -0.15) is 0 Å². The molecule has 112 valence electrons. The number of aromatic amines is 1. The molecular formula is C16H14N2O2S2. The lowest BCUT2D eigenvalue weighted by atomic mass is 10.1. The highest BCUT2D eigenvalue weighted by Gasteiger charge is 2.17. The molecule has 0 amide bonds. The third-order valence-electron chi connectivity index (χ3n) is 3.24. The van der Waals surface area contributed by atoms with Crippen LogP contribution in [-0.2, 0) is 4.74 Å². The summed E-state index contributed by atoms with van der Waals surface area (Å²) in [6.07, 6.45) is 3.98. The van der Waals surface area contributed by atoms with Crippen LogP contribution in [0.25, 0.3) is 16.5 Å². The quantitative estimate of drug-likeness (QED) is 0.730. The number of carbonyl (C=O) groups excluding carboxylic acids is 1. The van der Waals surface area contributed by atoms with Gasteiger partial charge in [-0.25, -0.2) is 9.78 Å². The number of methoxy groups -OCH3 is 1. The molecule has 0 fully saturated rings. The minimum atomic E-state index is -0.412. The van der Waals surface area contributed by atoms with Gasteiger partial charge < -0.3 is 9.72 Å². The summed E-state index contributed by atoms with van der Waals surface area (Å²) in [6.45, 7) is 0. The number of ether oxygens (including phenoxy) is 1. The number of hydrogen-bond acceptors (Lipinski definition) is 5. The molecule has 0 unspecified atom stereocenters. The average molecular weight is 330 g/mol. The number of carbonyl (C=O) groups is 1. The van der Waals surface area contributed by atoms with Crippen LogP contribution in [0.15, 0.2) is 41.3 Å². The Hall–Kier alpha value is -2.05. The number of benzene rings is 1. The Morgan fingerprint density at radius 2 is 2.23 bits per heavy atom. The lowest BCUT2D eigenvalue weighted by molar-refractivity contribution is 0.0595. The van der Waals surface area contributed by atoms with Gasteiger partial charge in [0.2, 0.25) is 0 Å². The summed E-state index contributed by atoms with van der Waals surface area (Å²) in [4.78, 5) is 19.3. The van der Waals surface area contributed by atoms with Crippen molar-refractivity contribution in [3.05, 3.63) is 57.5 Å². The first-order valence-corrected chi connectivity index (χ1v) is 8.75. The maximum atomic E-state index is 11.6. The molecule has 3 rings (SSSR count). The summed E-state index contributed by atoms with van der Waals surface area (Å²) < 4.78 is 4.72. The Bertz CT molecular complexity index is 849. The van der Waals surface area contributed by atoms with Crippen molar-refractivity contribution >= 4 is 45.5 Å². The Morgan fingerprint density at radius 1 is 1.41 bits per heavy atom. The van der Waals surface area contributed by atoms with Gasteiger partial charge in [-0.1, -0.05) is 18.2 Å². The number of nitrogens with one attached hydrogen (secondary N) is 1. The molecule has 0 atom stereocenters. The van der Waals surface area contributed by atoms with E-state index in [1.807, 2.05) is 30.7 Å². The minimum absolute atomic E-state index is 0.342. The van der Waals surface area contributed by atoms with Gasteiger partial charge >= 0.3 is 5.97 Å². The van der Waals surface area contributed by atoms with Crippen molar-refractivity contribution < 1.29 is 9.53 Å². The van der Waals surface area contributed by atoms with Gasteiger partial charge in [-0.05, 0) is 17.7 Å². The highest BCUT2D eigenvalue weighted by molar-refractivity contribution is 8.01. The normalized spacial score (nSPS) is 11.8. The summed E-state index contributed by atoms with van der Waals surface area (Å²) >= 11 is 3.05. The van der Waals surface area contributed by atoms with Crippen molar-refractivity contribution in [3.8, 4) is 0 Å². The molecule has 0 saturated heterocycles. The molecule has 1 aromatic carbocycles. The van der Waals surface area contributed by atoms with Gasteiger partial charge in [-0.3, -0.25) is 0 Å². The monoisotopic (exact) mass is 330 g/mol. The van der Waals surface area contributed by atoms with Crippen molar-refractivity contribution in [2.75, 3.05) is 13.4 Å². The number of aromatic nitrogens is 2. The zero-order valence-electron chi connectivity index (χ0n) is 12.1. The van der Waals surface area contributed by atoms with Crippen LogP contribution in [0.3, 0.4) is 0 Å². The second-order valence-electron chi connectivity index (χ2n) is 4.54. The van der Waals surface area contributed by atoms with E-state index in [4.69, 9.17) is 4.74 Å². The zero-order chi connectivity index (χ0) is 15.5. The van der Waals surface area contributed by atoms with E-state index in [0.29, 0.717) is 5.69 Å². The fourth-order valence-corrected chi connectivity index (χ4v) is 3.61. The number of rotatable bonds is 4. The molecular weight excluding hydrogens is 316 g/mol. The van der Waals surface area contributed by atoms with E-state index in [9.17, 15) is 4.79 Å². The molecule has 0 saturated carbocycles. The zero-order valence-corrected chi connectivity index (χ0v) is 13.8. The van der Waals surface area contributed by atoms with E-state index in [1.54, 1.807) is 17.1 Å². The maximum Gasteiger partial charge on any atom is 0.357 e. The number of fused-ring (bicyclic) bond motifs is 1. The van der Waals surface area contributed by atoms with E-state index >= 15 is 0 Å². The summed E-state index contributed by atoms with van der Waals surface area (Å²) in [5.74, 6) is -0.412. The van der Waals surface area contributed by atoms with E-state index in [0.717, 1.165) is 27.0 Å². The number of H-pyrrole nitrogens is 1. The third-order valence-corrected chi connectivity index (χ3v) is 4.59. The first-order chi connectivity index (χ1) is 10.7. The van der Waals surface area contributed by atoms with E-state index in [1.165, 1.54) is 18.4 Å². The highest BCUT2D eigenvalue weighted by Crippen LogP contribution is 2.33. The smallest absolute Gasteiger partial charge is 0.357 e. The molecule has 0 bridgehead atoms. The topological polar surface area (TPSA) is 55.0 Å². The molecule has 6 heteroatoms. The molecule has 0 aliphatic carbocycles. The number of nitrogens with zero attached hydrogens (tertiary/aromatic N) is 1. The summed E-state index contributed by atoms with van der Waals surface area (Å²) in [7, 11) is 1.36. The van der Waals surface area contributed by atoms with Gasteiger partial charge in [0.15, 0.2) is 5.69 Å². The van der Waals surface area contributed by atoms with Crippen molar-refractivity contribution in [1.82, 2.24) is 9.97 Å². The van der Waals surface area contributed by atoms with Gasteiger partial charge in [0.05, 0.1) is 7.11 Å². The van der Waals surface area contributed by atoms with E-state index in [-0.39, 0.29) is 0 Å². The average Bonchev–Trinajstić information content (AvgIpc) is 3.19. The van der Waals surface area contributed by atoms with E-state index in [2.05, 4.69) is 21.4 Å². The number of hydrogen-bond donors (Lipinski definition) is 1. The first-order valence-electron chi connectivity index (χ1n) is 6.58. The second-order valence-corrected chi connectivity index (χ2v) is 6.11. The van der Waals surface area contributed by atoms with Gasteiger partial charge in [0, 0.05) is 33.6 Å². The molecule has 1 N–H and O–H groups in total. The van der Waals surface area contributed by atoms with Gasteiger partial charge in [-0.15, -0.1) is 23.1 Å². The van der Waals surface area contributed by atoms with Crippen LogP contribution in [0.4, 0.5) is 0 Å². The Kier molecular flexibility index (Phi) is 4.31. The minimum Gasteiger partial charge on any atom is -0.464 e. The Balaban J connectivity index is 2.09. The predicted molar refractivity (Wildman–Crippen MR) is 92.3 cm³/mol.